The Morgan fingerprint density at radius 2 is 1.84 bits per heavy atom. The van der Waals surface area contributed by atoms with E-state index >= 15 is 0 Å². The summed E-state index contributed by atoms with van der Waals surface area (Å²) < 4.78 is 0. The maximum Gasteiger partial charge on any atom is 0.00924 e. The summed E-state index contributed by atoms with van der Waals surface area (Å²) in [5.74, 6) is 0.952. The van der Waals surface area contributed by atoms with E-state index in [1.807, 2.05) is 0 Å². The fraction of sp³-hybridized carbons (Fsp3) is 1.00. The van der Waals surface area contributed by atoms with Crippen LogP contribution in [0.2, 0.25) is 0 Å². The number of nitrogens with zero attached hydrogens (tertiary/aromatic N) is 1. The highest BCUT2D eigenvalue weighted by Crippen LogP contribution is 2.40. The first-order valence-corrected chi connectivity index (χ1v) is 8.56. The van der Waals surface area contributed by atoms with Gasteiger partial charge in [0.25, 0.3) is 0 Å². The van der Waals surface area contributed by atoms with Gasteiger partial charge in [-0.05, 0) is 57.0 Å². The van der Waals surface area contributed by atoms with Crippen molar-refractivity contribution in [2.75, 3.05) is 26.7 Å². The molecule has 0 amide bonds. The minimum Gasteiger partial charge on any atom is -0.316 e. The molecule has 2 nitrogen and oxygen atoms in total. The van der Waals surface area contributed by atoms with Crippen molar-refractivity contribution in [3.05, 3.63) is 0 Å². The van der Waals surface area contributed by atoms with Gasteiger partial charge in [0.1, 0.15) is 0 Å². The van der Waals surface area contributed by atoms with Crippen LogP contribution in [0.1, 0.15) is 65.2 Å². The van der Waals surface area contributed by atoms with E-state index in [0.29, 0.717) is 5.41 Å². The summed E-state index contributed by atoms with van der Waals surface area (Å²) >= 11 is 0. The van der Waals surface area contributed by atoms with Crippen molar-refractivity contribution in [1.29, 1.82) is 0 Å². The van der Waals surface area contributed by atoms with Crippen molar-refractivity contribution in [2.24, 2.45) is 11.3 Å². The monoisotopic (exact) mass is 266 g/mol. The molecule has 2 aliphatic rings. The van der Waals surface area contributed by atoms with Gasteiger partial charge in [-0.25, -0.2) is 0 Å². The van der Waals surface area contributed by atoms with E-state index in [4.69, 9.17) is 0 Å². The molecule has 0 atom stereocenters. The van der Waals surface area contributed by atoms with Gasteiger partial charge >= 0.3 is 0 Å². The molecule has 2 aliphatic carbocycles. The van der Waals surface area contributed by atoms with Gasteiger partial charge in [-0.2, -0.15) is 0 Å². The smallest absolute Gasteiger partial charge is 0.00924 e. The molecular weight excluding hydrogens is 232 g/mol. The summed E-state index contributed by atoms with van der Waals surface area (Å²) in [7, 11) is 2.36. The average Bonchev–Trinajstić information content (AvgIpc) is 2.31. The van der Waals surface area contributed by atoms with Crippen molar-refractivity contribution >= 4 is 0 Å². The lowest BCUT2D eigenvalue weighted by molar-refractivity contribution is 0.0561. The third-order valence-corrected chi connectivity index (χ3v) is 5.54. The van der Waals surface area contributed by atoms with Crippen LogP contribution < -0.4 is 5.32 Å². The number of rotatable bonds is 7. The molecule has 0 saturated heterocycles. The maximum atomic E-state index is 3.71. The Hall–Kier alpha value is -0.0800. The Kier molecular flexibility index (Phi) is 5.70. The number of hydrogen-bond acceptors (Lipinski definition) is 2. The fourth-order valence-corrected chi connectivity index (χ4v) is 3.78. The van der Waals surface area contributed by atoms with E-state index < -0.39 is 0 Å². The molecule has 0 unspecified atom stereocenters. The van der Waals surface area contributed by atoms with Crippen LogP contribution in [0.15, 0.2) is 0 Å². The van der Waals surface area contributed by atoms with Crippen LogP contribution in [0.3, 0.4) is 0 Å². The van der Waals surface area contributed by atoms with Crippen molar-refractivity contribution < 1.29 is 0 Å². The van der Waals surface area contributed by atoms with Crippen molar-refractivity contribution in [1.82, 2.24) is 10.2 Å². The second kappa shape index (κ2) is 7.08. The second-order valence-electron chi connectivity index (χ2n) is 7.36. The zero-order chi connectivity index (χ0) is 13.7. The highest BCUT2D eigenvalue weighted by molar-refractivity contribution is 4.91. The van der Waals surface area contributed by atoms with E-state index in [-0.39, 0.29) is 0 Å². The van der Waals surface area contributed by atoms with Gasteiger partial charge in [-0.15, -0.1) is 0 Å². The van der Waals surface area contributed by atoms with Crippen LogP contribution in [-0.2, 0) is 0 Å². The van der Waals surface area contributed by atoms with Gasteiger partial charge in [0.05, 0.1) is 0 Å². The third kappa shape index (κ3) is 4.19. The second-order valence-corrected chi connectivity index (χ2v) is 7.36. The SMILES string of the molecule is CCCNCC1(CN(C)C2CCC2)CCC(C)CC1. The lowest BCUT2D eigenvalue weighted by Crippen LogP contribution is -2.49. The highest BCUT2D eigenvalue weighted by atomic mass is 15.1. The summed E-state index contributed by atoms with van der Waals surface area (Å²) in [6, 6.07) is 0.891. The molecule has 0 heterocycles. The standard InChI is InChI=1S/C17H34N2/c1-4-12-18-13-17(10-8-15(2)9-11-17)14-19(3)16-6-5-7-16/h15-16,18H,4-14H2,1-3H3. The molecule has 1 N–H and O–H groups in total. The van der Waals surface area contributed by atoms with Gasteiger partial charge in [-0.3, -0.25) is 0 Å². The lowest BCUT2D eigenvalue weighted by atomic mass is 9.70. The van der Waals surface area contributed by atoms with E-state index in [9.17, 15) is 0 Å². The van der Waals surface area contributed by atoms with Crippen LogP contribution >= 0.6 is 0 Å². The molecule has 2 rings (SSSR count). The molecule has 19 heavy (non-hydrogen) atoms. The van der Waals surface area contributed by atoms with E-state index in [0.717, 1.165) is 12.0 Å². The normalized spacial score (nSPS) is 32.5. The summed E-state index contributed by atoms with van der Waals surface area (Å²) in [5.41, 5.74) is 0.562. The lowest BCUT2D eigenvalue weighted by Gasteiger charge is -2.45. The Bertz CT molecular complexity index is 252. The van der Waals surface area contributed by atoms with E-state index in [2.05, 4.69) is 31.1 Å². The average molecular weight is 266 g/mol. The summed E-state index contributed by atoms with van der Waals surface area (Å²) in [4.78, 5) is 2.67. The Labute approximate surface area is 120 Å². The molecule has 0 aromatic heterocycles. The van der Waals surface area contributed by atoms with Gasteiger partial charge < -0.3 is 10.2 Å². The molecular formula is C17H34N2. The van der Waals surface area contributed by atoms with Crippen molar-refractivity contribution in [3.8, 4) is 0 Å². The Morgan fingerprint density at radius 3 is 2.37 bits per heavy atom. The third-order valence-electron chi connectivity index (χ3n) is 5.54. The van der Waals surface area contributed by atoms with Crippen LogP contribution in [0.5, 0.6) is 0 Å². The molecule has 0 bridgehead atoms. The first-order valence-electron chi connectivity index (χ1n) is 8.56. The Morgan fingerprint density at radius 1 is 1.16 bits per heavy atom. The summed E-state index contributed by atoms with van der Waals surface area (Å²) in [6.07, 6.45) is 11.3. The molecule has 2 heteroatoms. The summed E-state index contributed by atoms with van der Waals surface area (Å²) in [6.45, 7) is 8.44. The first kappa shape index (κ1) is 15.3. The van der Waals surface area contributed by atoms with Crippen LogP contribution in [0.4, 0.5) is 0 Å². The van der Waals surface area contributed by atoms with Crippen molar-refractivity contribution in [2.45, 2.75) is 71.3 Å². The topological polar surface area (TPSA) is 15.3 Å². The van der Waals surface area contributed by atoms with Gasteiger partial charge in [0.15, 0.2) is 0 Å². The Balaban J connectivity index is 1.88. The predicted octanol–water partition coefficient (Wildman–Crippen LogP) is 3.67. The molecule has 0 spiro atoms. The molecule has 0 aromatic carbocycles. The molecule has 112 valence electrons. The molecule has 2 fully saturated rings. The van der Waals surface area contributed by atoms with Gasteiger partial charge in [0.2, 0.25) is 0 Å². The summed E-state index contributed by atoms with van der Waals surface area (Å²) in [5, 5.41) is 3.71. The maximum absolute atomic E-state index is 3.71. The van der Waals surface area contributed by atoms with Crippen LogP contribution in [0.25, 0.3) is 0 Å². The van der Waals surface area contributed by atoms with Gasteiger partial charge in [0, 0.05) is 19.1 Å². The van der Waals surface area contributed by atoms with Crippen molar-refractivity contribution in [3.63, 3.8) is 0 Å². The quantitative estimate of drug-likeness (QED) is 0.707. The molecule has 0 aliphatic heterocycles. The van der Waals surface area contributed by atoms with E-state index in [1.54, 1.807) is 0 Å². The number of nitrogens with one attached hydrogen (secondary N) is 1. The zero-order valence-electron chi connectivity index (χ0n) is 13.4. The molecule has 2 saturated carbocycles. The highest BCUT2D eigenvalue weighted by Gasteiger charge is 2.36. The predicted molar refractivity (Wildman–Crippen MR) is 83.5 cm³/mol. The first-order chi connectivity index (χ1) is 9.15. The fourth-order valence-electron chi connectivity index (χ4n) is 3.78. The molecule has 0 radical (unpaired) electrons. The zero-order valence-corrected chi connectivity index (χ0v) is 13.4. The molecule has 0 aromatic rings. The van der Waals surface area contributed by atoms with E-state index in [1.165, 1.54) is 71.0 Å². The van der Waals surface area contributed by atoms with Crippen LogP contribution in [-0.4, -0.2) is 37.6 Å². The largest absolute Gasteiger partial charge is 0.316 e. The minimum atomic E-state index is 0.562. The van der Waals surface area contributed by atoms with Crippen LogP contribution in [0, 0.1) is 11.3 Å². The van der Waals surface area contributed by atoms with Gasteiger partial charge in [-0.1, -0.05) is 33.1 Å². The minimum absolute atomic E-state index is 0.562. The number of hydrogen-bond donors (Lipinski definition) is 1.